The number of carbonyl (C=O) groups excluding carboxylic acids is 1. The van der Waals surface area contributed by atoms with Crippen LogP contribution in [0.2, 0.25) is 0 Å². The summed E-state index contributed by atoms with van der Waals surface area (Å²) in [5.74, 6) is 0. The molecule has 2 N–H and O–H groups in total. The van der Waals surface area contributed by atoms with Gasteiger partial charge in [0.15, 0.2) is 0 Å². The molecule has 2 amide bonds. The van der Waals surface area contributed by atoms with Crippen LogP contribution in [-0.2, 0) is 0 Å². The molecule has 0 aromatic heterocycles. The molecule has 0 spiro atoms. The summed E-state index contributed by atoms with van der Waals surface area (Å²) in [6.07, 6.45) is 0. The molecule has 0 unspecified atom stereocenters. The molecule has 1 rings (SSSR count). The fraction of sp³-hybridized carbons (Fsp3) is 0.857. The monoisotopic (exact) mass is 157 g/mol. The molecule has 1 heterocycles. The molecule has 0 radical (unpaired) electrons. The molecule has 0 bridgehead atoms. The number of nitrogens with zero attached hydrogens (tertiary/aromatic N) is 1. The van der Waals surface area contributed by atoms with Gasteiger partial charge < -0.3 is 15.5 Å². The van der Waals surface area contributed by atoms with Gasteiger partial charge in [0, 0.05) is 26.2 Å². The van der Waals surface area contributed by atoms with Crippen molar-refractivity contribution in [3.63, 3.8) is 0 Å². The van der Waals surface area contributed by atoms with E-state index in [1.807, 2.05) is 4.90 Å². The van der Waals surface area contributed by atoms with E-state index in [-0.39, 0.29) is 6.03 Å². The van der Waals surface area contributed by atoms with Crippen LogP contribution in [0.1, 0.15) is 6.92 Å². The number of hydrogen-bond donors (Lipinski definition) is 2. The summed E-state index contributed by atoms with van der Waals surface area (Å²) >= 11 is 0. The Kier molecular flexibility index (Phi) is 3.16. The highest BCUT2D eigenvalue weighted by atomic mass is 16.2. The van der Waals surface area contributed by atoms with Crippen molar-refractivity contribution in [2.45, 2.75) is 6.92 Å². The number of hydrogen-bond acceptors (Lipinski definition) is 2. The summed E-state index contributed by atoms with van der Waals surface area (Å²) < 4.78 is 0. The minimum absolute atomic E-state index is 0.0721. The van der Waals surface area contributed by atoms with Gasteiger partial charge in [0.05, 0.1) is 0 Å². The Balaban J connectivity index is 2.10. The lowest BCUT2D eigenvalue weighted by atomic mass is 10.5. The summed E-state index contributed by atoms with van der Waals surface area (Å²) in [7, 11) is 0. The van der Waals surface area contributed by atoms with E-state index in [0.717, 1.165) is 32.7 Å². The van der Waals surface area contributed by atoms with Crippen LogP contribution in [-0.4, -0.2) is 43.7 Å². The molecule has 1 aliphatic rings. The maximum Gasteiger partial charge on any atom is 0.317 e. The lowest BCUT2D eigenvalue weighted by molar-refractivity contribution is 0.217. The summed E-state index contributed by atoms with van der Waals surface area (Å²) in [6, 6.07) is 0.0721. The van der Waals surface area contributed by atoms with Crippen molar-refractivity contribution >= 4 is 6.03 Å². The maximum absolute atomic E-state index is 11.0. The van der Waals surface area contributed by atoms with E-state index in [1.54, 1.807) is 0 Å². The van der Waals surface area contributed by atoms with Gasteiger partial charge in [-0.3, -0.25) is 0 Å². The molecule has 1 fully saturated rings. The minimum atomic E-state index is 0.0721. The second-order valence-corrected chi connectivity index (χ2v) is 2.57. The third-order valence-electron chi connectivity index (χ3n) is 1.75. The highest BCUT2D eigenvalue weighted by Crippen LogP contribution is 1.93. The molecule has 0 aliphatic carbocycles. The molecule has 1 saturated heterocycles. The SMILES string of the molecule is CCNCCN1CCNC1=O. The largest absolute Gasteiger partial charge is 0.336 e. The van der Waals surface area contributed by atoms with Gasteiger partial charge in [-0.05, 0) is 6.54 Å². The summed E-state index contributed by atoms with van der Waals surface area (Å²) in [4.78, 5) is 12.8. The Bertz CT molecular complexity index is 138. The van der Waals surface area contributed by atoms with Gasteiger partial charge in [-0.15, -0.1) is 0 Å². The van der Waals surface area contributed by atoms with Gasteiger partial charge >= 0.3 is 6.03 Å². The number of nitrogens with one attached hydrogen (secondary N) is 2. The predicted octanol–water partition coefficient (Wildman–Crippen LogP) is -0.379. The lowest BCUT2D eigenvalue weighted by Crippen LogP contribution is -2.34. The molecule has 64 valence electrons. The van der Waals surface area contributed by atoms with Crippen LogP contribution in [0.5, 0.6) is 0 Å². The van der Waals surface area contributed by atoms with Gasteiger partial charge in [0.25, 0.3) is 0 Å². The maximum atomic E-state index is 11.0. The van der Waals surface area contributed by atoms with E-state index in [2.05, 4.69) is 17.6 Å². The van der Waals surface area contributed by atoms with Crippen molar-refractivity contribution in [2.75, 3.05) is 32.7 Å². The Labute approximate surface area is 66.9 Å². The van der Waals surface area contributed by atoms with Gasteiger partial charge in [0.1, 0.15) is 0 Å². The molecule has 1 aliphatic heterocycles. The van der Waals surface area contributed by atoms with Crippen molar-refractivity contribution in [2.24, 2.45) is 0 Å². The zero-order valence-corrected chi connectivity index (χ0v) is 6.89. The predicted molar refractivity (Wildman–Crippen MR) is 43.5 cm³/mol. The first-order valence-corrected chi connectivity index (χ1v) is 4.08. The van der Waals surface area contributed by atoms with Crippen LogP contribution < -0.4 is 10.6 Å². The highest BCUT2D eigenvalue weighted by Gasteiger charge is 2.17. The number of urea groups is 1. The third kappa shape index (κ3) is 2.38. The molecule has 0 saturated carbocycles. The van der Waals surface area contributed by atoms with Crippen LogP contribution in [0, 0.1) is 0 Å². The first-order chi connectivity index (χ1) is 5.34. The first-order valence-electron chi connectivity index (χ1n) is 4.08. The van der Waals surface area contributed by atoms with E-state index in [4.69, 9.17) is 0 Å². The van der Waals surface area contributed by atoms with E-state index >= 15 is 0 Å². The number of amides is 2. The molecule has 4 nitrogen and oxygen atoms in total. The van der Waals surface area contributed by atoms with Gasteiger partial charge in [-0.25, -0.2) is 4.79 Å². The van der Waals surface area contributed by atoms with Crippen molar-refractivity contribution in [1.82, 2.24) is 15.5 Å². The van der Waals surface area contributed by atoms with Crippen LogP contribution >= 0.6 is 0 Å². The van der Waals surface area contributed by atoms with Crippen LogP contribution in [0.15, 0.2) is 0 Å². The van der Waals surface area contributed by atoms with Gasteiger partial charge in [-0.2, -0.15) is 0 Å². The average molecular weight is 157 g/mol. The Morgan fingerprint density at radius 1 is 1.73 bits per heavy atom. The second kappa shape index (κ2) is 4.18. The summed E-state index contributed by atoms with van der Waals surface area (Å²) in [5.41, 5.74) is 0. The lowest BCUT2D eigenvalue weighted by Gasteiger charge is -2.13. The highest BCUT2D eigenvalue weighted by molar-refractivity contribution is 5.76. The molecule has 0 aromatic rings. The molecular weight excluding hydrogens is 142 g/mol. The summed E-state index contributed by atoms with van der Waals surface area (Å²) in [5, 5.41) is 5.93. The zero-order chi connectivity index (χ0) is 8.10. The van der Waals surface area contributed by atoms with Crippen molar-refractivity contribution in [3.05, 3.63) is 0 Å². The fourth-order valence-corrected chi connectivity index (χ4v) is 1.12. The smallest absolute Gasteiger partial charge is 0.317 e. The van der Waals surface area contributed by atoms with Crippen LogP contribution in [0.25, 0.3) is 0 Å². The normalized spacial score (nSPS) is 17.2. The topological polar surface area (TPSA) is 44.4 Å². The van der Waals surface area contributed by atoms with E-state index in [9.17, 15) is 4.79 Å². The number of rotatable bonds is 4. The van der Waals surface area contributed by atoms with Crippen molar-refractivity contribution in [3.8, 4) is 0 Å². The molecule has 4 heteroatoms. The zero-order valence-electron chi connectivity index (χ0n) is 6.89. The first kappa shape index (κ1) is 8.33. The van der Waals surface area contributed by atoms with Crippen LogP contribution in [0.4, 0.5) is 4.79 Å². The third-order valence-corrected chi connectivity index (χ3v) is 1.75. The van der Waals surface area contributed by atoms with E-state index in [0.29, 0.717) is 0 Å². The molecule has 11 heavy (non-hydrogen) atoms. The number of carbonyl (C=O) groups is 1. The van der Waals surface area contributed by atoms with Crippen LogP contribution in [0.3, 0.4) is 0 Å². The number of likely N-dealkylation sites (N-methyl/N-ethyl adjacent to an activating group) is 1. The molecular formula is C7H15N3O. The van der Waals surface area contributed by atoms with E-state index < -0.39 is 0 Å². The second-order valence-electron chi connectivity index (χ2n) is 2.57. The summed E-state index contributed by atoms with van der Waals surface area (Å²) in [6.45, 7) is 6.39. The average Bonchev–Trinajstić information content (AvgIpc) is 2.37. The Morgan fingerprint density at radius 2 is 2.55 bits per heavy atom. The fourth-order valence-electron chi connectivity index (χ4n) is 1.12. The van der Waals surface area contributed by atoms with Crippen molar-refractivity contribution in [1.29, 1.82) is 0 Å². The Morgan fingerprint density at radius 3 is 3.09 bits per heavy atom. The van der Waals surface area contributed by atoms with Gasteiger partial charge in [0.2, 0.25) is 0 Å². The molecule has 0 atom stereocenters. The minimum Gasteiger partial charge on any atom is -0.336 e. The van der Waals surface area contributed by atoms with Crippen molar-refractivity contribution < 1.29 is 4.79 Å². The van der Waals surface area contributed by atoms with E-state index in [1.165, 1.54) is 0 Å². The standard InChI is InChI=1S/C7H15N3O/c1-2-8-3-5-10-6-4-9-7(10)11/h8H,2-6H2,1H3,(H,9,11). The Hall–Kier alpha value is -0.770. The molecule has 0 aromatic carbocycles. The quantitative estimate of drug-likeness (QED) is 0.546. The van der Waals surface area contributed by atoms with Gasteiger partial charge in [-0.1, -0.05) is 6.92 Å².